The Balaban J connectivity index is 1.18. The van der Waals surface area contributed by atoms with Crippen molar-refractivity contribution in [2.45, 2.75) is 65.2 Å². The first-order valence-corrected chi connectivity index (χ1v) is 28.0. The topological polar surface area (TPSA) is 6.48 Å². The molecule has 10 aromatic rings. The van der Waals surface area contributed by atoms with Gasteiger partial charge in [0, 0.05) is 44.5 Å². The van der Waals surface area contributed by atoms with Crippen molar-refractivity contribution in [3.63, 3.8) is 0 Å². The van der Waals surface area contributed by atoms with E-state index in [0.29, 0.717) is 5.02 Å². The lowest BCUT2D eigenvalue weighted by Gasteiger charge is -2.46. The van der Waals surface area contributed by atoms with Crippen LogP contribution in [0.25, 0.3) is 55.7 Å². The zero-order valence-corrected chi connectivity index (χ0v) is 46.1. The Bertz CT molecular complexity index is 3940. The number of benzene rings is 10. The molecule has 0 bridgehead atoms. The summed E-state index contributed by atoms with van der Waals surface area (Å²) in [4.78, 5) is 5.17. The van der Waals surface area contributed by atoms with Gasteiger partial charge in [0.2, 0.25) is 0 Å². The predicted molar refractivity (Wildman–Crippen MR) is 336 cm³/mol. The van der Waals surface area contributed by atoms with Gasteiger partial charge in [-0.2, -0.15) is 0 Å². The summed E-state index contributed by atoms with van der Waals surface area (Å²) in [5.74, 6) is 0. The molecule has 3 aliphatic rings. The van der Waals surface area contributed by atoms with Gasteiger partial charge in [0.05, 0.1) is 11.4 Å². The van der Waals surface area contributed by atoms with E-state index in [9.17, 15) is 0 Å². The molecule has 0 aromatic heterocycles. The second kappa shape index (κ2) is 19.6. The Hall–Kier alpha value is -8.37. The van der Waals surface area contributed by atoms with Crippen LogP contribution in [-0.2, 0) is 10.8 Å². The van der Waals surface area contributed by atoms with Crippen LogP contribution in [0.3, 0.4) is 0 Å². The molecule has 2 nitrogen and oxygen atoms in total. The first kappa shape index (κ1) is 49.2. The molecule has 2 heterocycles. The van der Waals surface area contributed by atoms with Gasteiger partial charge in [-0.25, -0.2) is 0 Å². The van der Waals surface area contributed by atoms with Crippen molar-refractivity contribution >= 4 is 74.3 Å². The van der Waals surface area contributed by atoms with Gasteiger partial charge in [-0.3, -0.25) is 0 Å². The Kier molecular flexibility index (Phi) is 12.4. The molecule has 10 aromatic carbocycles. The summed E-state index contributed by atoms with van der Waals surface area (Å²) < 4.78 is 0. The summed E-state index contributed by atoms with van der Waals surface area (Å²) in [5.41, 5.74) is 27.3. The average Bonchev–Trinajstić information content (AvgIpc) is 3.55. The Labute approximate surface area is 466 Å². The third kappa shape index (κ3) is 8.71. The number of para-hydroxylation sites is 1. The number of fused-ring (bicyclic) bond motifs is 4. The lowest BCUT2D eigenvalue weighted by atomic mass is 9.33. The van der Waals surface area contributed by atoms with Gasteiger partial charge in [0.25, 0.3) is 6.71 Å². The van der Waals surface area contributed by atoms with Crippen LogP contribution in [0.2, 0.25) is 5.02 Å². The molecular weight excluding hydrogens is 963 g/mol. The smallest absolute Gasteiger partial charge is 0.252 e. The van der Waals surface area contributed by atoms with E-state index >= 15 is 0 Å². The van der Waals surface area contributed by atoms with E-state index in [1.807, 2.05) is 0 Å². The molecule has 78 heavy (non-hydrogen) atoms. The fraction of sp³-hybridized carbons (Fsp3) is 0.135. The molecule has 378 valence electrons. The van der Waals surface area contributed by atoms with Crippen LogP contribution in [0.5, 0.6) is 0 Å². The summed E-state index contributed by atoms with van der Waals surface area (Å²) in [7, 11) is 0. The molecule has 0 unspecified atom stereocenters. The molecule has 0 spiro atoms. The number of hydrogen-bond donors (Lipinski definition) is 0. The first-order valence-electron chi connectivity index (χ1n) is 27.6. The van der Waals surface area contributed by atoms with Crippen molar-refractivity contribution in [3.8, 4) is 44.5 Å². The summed E-state index contributed by atoms with van der Waals surface area (Å²) >= 11 is 7.79. The highest BCUT2D eigenvalue weighted by atomic mass is 35.5. The van der Waals surface area contributed by atoms with Gasteiger partial charge in [-0.15, -0.1) is 0 Å². The molecule has 0 N–H and O–H groups in total. The van der Waals surface area contributed by atoms with Crippen molar-refractivity contribution in [3.05, 3.63) is 276 Å². The Morgan fingerprint density at radius 3 is 1.31 bits per heavy atom. The lowest BCUT2D eigenvalue weighted by molar-refractivity contribution is 0.590. The quantitative estimate of drug-likeness (QED) is 0.140. The summed E-state index contributed by atoms with van der Waals surface area (Å²) in [6.07, 6.45) is 4.28. The van der Waals surface area contributed by atoms with Crippen molar-refractivity contribution in [2.75, 3.05) is 9.80 Å². The lowest BCUT2D eigenvalue weighted by Crippen LogP contribution is -2.62. The van der Waals surface area contributed by atoms with Crippen molar-refractivity contribution in [1.29, 1.82) is 0 Å². The van der Waals surface area contributed by atoms with Crippen LogP contribution >= 0.6 is 11.6 Å². The Morgan fingerprint density at radius 2 is 0.808 bits per heavy atom. The van der Waals surface area contributed by atoms with Crippen LogP contribution in [0.15, 0.2) is 248 Å². The number of anilines is 5. The molecule has 1 aliphatic carbocycles. The van der Waals surface area contributed by atoms with Crippen LogP contribution in [0.1, 0.15) is 76.6 Å². The van der Waals surface area contributed by atoms with E-state index in [2.05, 4.69) is 294 Å². The summed E-state index contributed by atoms with van der Waals surface area (Å²) in [6, 6.07) is 88.0. The molecule has 0 saturated heterocycles. The van der Waals surface area contributed by atoms with Crippen LogP contribution in [0.4, 0.5) is 28.4 Å². The minimum atomic E-state index is -0.182. The van der Waals surface area contributed by atoms with E-state index in [1.165, 1.54) is 77.7 Å². The number of hydrogen-bond acceptors (Lipinski definition) is 2. The second-order valence-electron chi connectivity index (χ2n) is 23.3. The third-order valence-corrected chi connectivity index (χ3v) is 16.5. The monoisotopic (exact) mass is 1020 g/mol. The minimum absolute atomic E-state index is 0.0172. The van der Waals surface area contributed by atoms with E-state index < -0.39 is 0 Å². The first-order chi connectivity index (χ1) is 37.9. The number of rotatable bonds is 8. The number of allylic oxidation sites excluding steroid dienone is 3. The molecule has 13 rings (SSSR count). The SMILES string of the molecule is CC(C)(C)c1cccc(-c2ccc3c(c2)B2c4cc(-c5cccc(C(C)(C)C)c5)ccc4N(c4c(-c5ccccc5)cccc4-c4ccccc4)c4cc(Cl)cc(c42)N3C2=C(c3ccccc3)CCC=C2c2ccccc2)c1. The van der Waals surface area contributed by atoms with Gasteiger partial charge in [0.15, 0.2) is 0 Å². The standard InChI is InChI=1S/C74H62BClN2/c1-73(2,3)57-33-19-31-53(43-57)55-39-41-66-64(45-55)75-65-46-56(54-32-20-34-58(44-54)74(4,5)6)40-42-67(65)78(72-62(51-27-15-9-16-28-51)37-22-38-63(72)52-29-17-10-18-30-52)69-48-59(76)47-68(70(69)75)77(66)71-60(49-23-11-7-12-24-49)35-21-36-61(71)50-25-13-8-14-26-50/h7-21,23-37,39-48H,22,38H2,1-6H3. The van der Waals surface area contributed by atoms with Crippen molar-refractivity contribution in [1.82, 2.24) is 0 Å². The maximum absolute atomic E-state index is 7.79. The van der Waals surface area contributed by atoms with Gasteiger partial charge >= 0.3 is 0 Å². The minimum Gasteiger partial charge on any atom is -0.310 e. The van der Waals surface area contributed by atoms with E-state index in [1.54, 1.807) is 0 Å². The molecule has 0 radical (unpaired) electrons. The molecule has 0 amide bonds. The fourth-order valence-electron chi connectivity index (χ4n) is 12.4. The average molecular weight is 1030 g/mol. The maximum atomic E-state index is 7.79. The fourth-order valence-corrected chi connectivity index (χ4v) is 12.6. The van der Waals surface area contributed by atoms with Gasteiger partial charge in [-0.05, 0) is 126 Å². The number of nitrogens with zero attached hydrogens (tertiary/aromatic N) is 2. The normalized spacial score (nSPS) is 13.9. The molecule has 0 saturated carbocycles. The summed E-state index contributed by atoms with van der Waals surface area (Å²) in [5, 5.41) is 0.678. The van der Waals surface area contributed by atoms with Crippen LogP contribution in [0, 0.1) is 0 Å². The van der Waals surface area contributed by atoms with E-state index in [-0.39, 0.29) is 17.5 Å². The molecule has 0 atom stereocenters. The van der Waals surface area contributed by atoms with Crippen LogP contribution in [-0.4, -0.2) is 6.71 Å². The molecule has 4 heteroatoms. The zero-order chi connectivity index (χ0) is 53.3. The molecule has 0 fully saturated rings. The van der Waals surface area contributed by atoms with Gasteiger partial charge in [-0.1, -0.05) is 272 Å². The molecular formula is C74H62BClN2. The van der Waals surface area contributed by atoms with E-state index in [4.69, 9.17) is 11.6 Å². The second-order valence-corrected chi connectivity index (χ2v) is 23.8. The van der Waals surface area contributed by atoms with E-state index in [0.717, 1.165) is 63.5 Å². The largest absolute Gasteiger partial charge is 0.310 e. The summed E-state index contributed by atoms with van der Waals surface area (Å²) in [6.45, 7) is 13.6. The Morgan fingerprint density at radius 1 is 0.385 bits per heavy atom. The highest BCUT2D eigenvalue weighted by Gasteiger charge is 2.46. The third-order valence-electron chi connectivity index (χ3n) is 16.3. The zero-order valence-electron chi connectivity index (χ0n) is 45.4. The highest BCUT2D eigenvalue weighted by Crippen LogP contribution is 2.53. The molecule has 2 aliphatic heterocycles. The van der Waals surface area contributed by atoms with Gasteiger partial charge < -0.3 is 9.80 Å². The van der Waals surface area contributed by atoms with Gasteiger partial charge in [0.1, 0.15) is 0 Å². The number of halogens is 1. The predicted octanol–water partition coefficient (Wildman–Crippen LogP) is 18.6. The van der Waals surface area contributed by atoms with Crippen molar-refractivity contribution < 1.29 is 0 Å². The van der Waals surface area contributed by atoms with Crippen LogP contribution < -0.4 is 26.2 Å². The van der Waals surface area contributed by atoms with Crippen molar-refractivity contribution in [2.24, 2.45) is 0 Å². The maximum Gasteiger partial charge on any atom is 0.252 e. The highest BCUT2D eigenvalue weighted by molar-refractivity contribution is 7.00.